The number of nitrogens with one attached hydrogen (secondary N) is 1. The van der Waals surface area contributed by atoms with Gasteiger partial charge in [0.25, 0.3) is 0 Å². The maximum Gasteiger partial charge on any atom is 0.229 e. The van der Waals surface area contributed by atoms with E-state index in [9.17, 15) is 8.42 Å². The Morgan fingerprint density at radius 2 is 2.07 bits per heavy atom. The highest BCUT2D eigenvalue weighted by molar-refractivity contribution is 7.90. The van der Waals surface area contributed by atoms with Crippen LogP contribution in [0, 0.1) is 23.7 Å². The van der Waals surface area contributed by atoms with Crippen molar-refractivity contribution in [1.29, 1.82) is 5.26 Å². The Labute approximate surface area is 85.4 Å². The van der Waals surface area contributed by atoms with Crippen LogP contribution in [0.5, 0.6) is 0 Å². The van der Waals surface area contributed by atoms with Crippen molar-refractivity contribution >= 4 is 10.0 Å². The molecule has 4 nitrogen and oxygen atoms in total. The second kappa shape index (κ2) is 4.45. The van der Waals surface area contributed by atoms with Crippen LogP contribution in [-0.2, 0) is 10.0 Å². The van der Waals surface area contributed by atoms with E-state index in [0.717, 1.165) is 0 Å². The standard InChI is InChI=1S/C9H14N2O2S/c1-5-8(7-10)14(12,13)11-9(3,4)6-2/h2,8,11H,5H2,1,3-4H3. The van der Waals surface area contributed by atoms with Crippen molar-refractivity contribution in [3.05, 3.63) is 0 Å². The zero-order valence-corrected chi connectivity index (χ0v) is 9.35. The van der Waals surface area contributed by atoms with Crippen molar-refractivity contribution in [1.82, 2.24) is 4.72 Å². The first-order chi connectivity index (χ1) is 6.29. The van der Waals surface area contributed by atoms with Crippen LogP contribution in [0.3, 0.4) is 0 Å². The largest absolute Gasteiger partial charge is 0.229 e. The molecule has 1 unspecified atom stereocenters. The Morgan fingerprint density at radius 1 is 1.57 bits per heavy atom. The maximum atomic E-state index is 11.5. The molecule has 1 N–H and O–H groups in total. The van der Waals surface area contributed by atoms with E-state index in [1.54, 1.807) is 26.8 Å². The van der Waals surface area contributed by atoms with Crippen LogP contribution in [-0.4, -0.2) is 19.2 Å². The Kier molecular flexibility index (Phi) is 4.12. The quantitative estimate of drug-likeness (QED) is 0.697. The summed E-state index contributed by atoms with van der Waals surface area (Å²) in [4.78, 5) is 0. The topological polar surface area (TPSA) is 70.0 Å². The number of hydrogen-bond acceptors (Lipinski definition) is 3. The number of terminal acetylenes is 1. The molecule has 0 aliphatic carbocycles. The Morgan fingerprint density at radius 3 is 2.36 bits per heavy atom. The molecule has 0 saturated heterocycles. The monoisotopic (exact) mass is 214 g/mol. The number of rotatable bonds is 4. The minimum absolute atomic E-state index is 0.243. The molecule has 1 atom stereocenters. The molecule has 0 aromatic heterocycles. The van der Waals surface area contributed by atoms with Crippen molar-refractivity contribution in [2.45, 2.75) is 38.0 Å². The number of hydrogen-bond donors (Lipinski definition) is 1. The predicted molar refractivity (Wildman–Crippen MR) is 54.7 cm³/mol. The zero-order valence-electron chi connectivity index (χ0n) is 8.53. The zero-order chi connectivity index (χ0) is 11.4. The molecule has 78 valence electrons. The van der Waals surface area contributed by atoms with Gasteiger partial charge in [-0.3, -0.25) is 0 Å². The van der Waals surface area contributed by atoms with E-state index < -0.39 is 20.8 Å². The Hall–Kier alpha value is -1.04. The first-order valence-electron chi connectivity index (χ1n) is 4.19. The van der Waals surface area contributed by atoms with Gasteiger partial charge in [-0.1, -0.05) is 12.8 Å². The van der Waals surface area contributed by atoms with E-state index in [1.807, 2.05) is 0 Å². The van der Waals surface area contributed by atoms with E-state index in [1.165, 1.54) is 0 Å². The molecular formula is C9H14N2O2S. The summed E-state index contributed by atoms with van der Waals surface area (Å²) >= 11 is 0. The Bertz CT molecular complexity index is 371. The van der Waals surface area contributed by atoms with Gasteiger partial charge >= 0.3 is 0 Å². The summed E-state index contributed by atoms with van der Waals surface area (Å²) in [7, 11) is -3.65. The fourth-order valence-corrected chi connectivity index (χ4v) is 2.33. The van der Waals surface area contributed by atoms with Crippen LogP contribution in [0.25, 0.3) is 0 Å². The minimum atomic E-state index is -3.65. The molecule has 0 aliphatic heterocycles. The highest BCUT2D eigenvalue weighted by Gasteiger charge is 2.29. The summed E-state index contributed by atoms with van der Waals surface area (Å²) in [6, 6.07) is 1.72. The third kappa shape index (κ3) is 3.37. The molecule has 0 radical (unpaired) electrons. The van der Waals surface area contributed by atoms with E-state index in [-0.39, 0.29) is 6.42 Å². The van der Waals surface area contributed by atoms with Gasteiger partial charge in [-0.25, -0.2) is 8.42 Å². The molecule has 0 amide bonds. The summed E-state index contributed by atoms with van der Waals surface area (Å²) < 4.78 is 25.4. The van der Waals surface area contributed by atoms with E-state index >= 15 is 0 Å². The average molecular weight is 214 g/mol. The fraction of sp³-hybridized carbons (Fsp3) is 0.667. The SMILES string of the molecule is C#CC(C)(C)NS(=O)(=O)C(C#N)CC. The second-order valence-electron chi connectivity index (χ2n) is 3.44. The van der Waals surface area contributed by atoms with Crippen LogP contribution in [0.1, 0.15) is 27.2 Å². The average Bonchev–Trinajstić information content (AvgIpc) is 2.04. The lowest BCUT2D eigenvalue weighted by Crippen LogP contribution is -2.46. The molecule has 0 rings (SSSR count). The highest BCUT2D eigenvalue weighted by atomic mass is 32.2. The van der Waals surface area contributed by atoms with Gasteiger partial charge in [0.05, 0.1) is 11.6 Å². The van der Waals surface area contributed by atoms with Crippen molar-refractivity contribution in [2.75, 3.05) is 0 Å². The number of sulfonamides is 1. The van der Waals surface area contributed by atoms with Gasteiger partial charge in [-0.05, 0) is 20.3 Å². The van der Waals surface area contributed by atoms with Crippen LogP contribution in [0.2, 0.25) is 0 Å². The lowest BCUT2D eigenvalue weighted by molar-refractivity contribution is 0.532. The molecule has 5 heteroatoms. The van der Waals surface area contributed by atoms with Gasteiger partial charge in [-0.2, -0.15) is 9.98 Å². The van der Waals surface area contributed by atoms with Gasteiger partial charge < -0.3 is 0 Å². The summed E-state index contributed by atoms with van der Waals surface area (Å²) in [6.45, 7) is 4.76. The van der Waals surface area contributed by atoms with Gasteiger partial charge in [0.1, 0.15) is 0 Å². The summed E-state index contributed by atoms with van der Waals surface area (Å²) in [5, 5.41) is 7.56. The highest BCUT2D eigenvalue weighted by Crippen LogP contribution is 2.08. The molecule has 0 heterocycles. The molecule has 0 fully saturated rings. The molecule has 0 saturated carbocycles. The smallest absolute Gasteiger partial charge is 0.211 e. The third-order valence-electron chi connectivity index (χ3n) is 1.65. The van der Waals surface area contributed by atoms with Crippen molar-refractivity contribution in [3.63, 3.8) is 0 Å². The fourth-order valence-electron chi connectivity index (χ4n) is 0.836. The van der Waals surface area contributed by atoms with Crippen molar-refractivity contribution in [3.8, 4) is 18.4 Å². The third-order valence-corrected chi connectivity index (χ3v) is 3.63. The van der Waals surface area contributed by atoms with Crippen LogP contribution >= 0.6 is 0 Å². The lowest BCUT2D eigenvalue weighted by atomic mass is 10.1. The first kappa shape index (κ1) is 13.0. The molecule has 14 heavy (non-hydrogen) atoms. The van der Waals surface area contributed by atoms with Crippen LogP contribution in [0.15, 0.2) is 0 Å². The van der Waals surface area contributed by atoms with Crippen molar-refractivity contribution < 1.29 is 8.42 Å². The second-order valence-corrected chi connectivity index (χ2v) is 5.31. The summed E-state index contributed by atoms with van der Waals surface area (Å²) in [6.07, 6.45) is 5.38. The van der Waals surface area contributed by atoms with E-state index in [4.69, 9.17) is 11.7 Å². The summed E-state index contributed by atoms with van der Waals surface area (Å²) in [5.74, 6) is 2.30. The normalized spacial score (nSPS) is 14.1. The molecule has 0 aromatic rings. The molecule has 0 aromatic carbocycles. The van der Waals surface area contributed by atoms with Gasteiger partial charge in [0.15, 0.2) is 5.25 Å². The predicted octanol–water partition coefficient (Wildman–Crippen LogP) is 0.620. The van der Waals surface area contributed by atoms with Gasteiger partial charge in [-0.15, -0.1) is 6.42 Å². The maximum absolute atomic E-state index is 11.5. The number of nitriles is 1. The summed E-state index contributed by atoms with van der Waals surface area (Å²) in [5.41, 5.74) is -0.955. The lowest BCUT2D eigenvalue weighted by Gasteiger charge is -2.20. The van der Waals surface area contributed by atoms with E-state index in [0.29, 0.717) is 0 Å². The molecule has 0 bridgehead atoms. The van der Waals surface area contributed by atoms with Gasteiger partial charge in [0, 0.05) is 0 Å². The Balaban J connectivity index is 4.87. The number of nitrogens with zero attached hydrogens (tertiary/aromatic N) is 1. The van der Waals surface area contributed by atoms with Gasteiger partial charge in [0.2, 0.25) is 10.0 Å². The minimum Gasteiger partial charge on any atom is -0.211 e. The first-order valence-corrected chi connectivity index (χ1v) is 5.74. The van der Waals surface area contributed by atoms with E-state index in [2.05, 4.69) is 10.6 Å². The molecular weight excluding hydrogens is 200 g/mol. The van der Waals surface area contributed by atoms with Crippen LogP contribution < -0.4 is 4.72 Å². The molecule has 0 spiro atoms. The van der Waals surface area contributed by atoms with Crippen LogP contribution in [0.4, 0.5) is 0 Å². The van der Waals surface area contributed by atoms with Crippen molar-refractivity contribution in [2.24, 2.45) is 0 Å². The molecule has 0 aliphatic rings.